The van der Waals surface area contributed by atoms with Gasteiger partial charge in [0.05, 0.1) is 12.2 Å². The summed E-state index contributed by atoms with van der Waals surface area (Å²) in [5.41, 5.74) is 0. The van der Waals surface area contributed by atoms with E-state index in [1.807, 2.05) is 12.2 Å². The lowest BCUT2D eigenvalue weighted by Gasteiger charge is -2.16. The second kappa shape index (κ2) is 37.5. The van der Waals surface area contributed by atoms with Crippen LogP contribution in [-0.4, -0.2) is 58.8 Å². The molecule has 0 aliphatic heterocycles. The zero-order valence-electron chi connectivity index (χ0n) is 33.0. The number of unbranched alkanes of at least 4 members (excludes halogenated alkanes) is 14. The molecule has 7 nitrogen and oxygen atoms in total. The standard InChI is InChI=1S/C44H78O7/c1-4-5-6-7-8-9-10-17-20-23-26-29-33-41(46)42(47)34-31-36-44(49)51-38-40(45)37-50-43(48)35-30-27-24-21-18-15-13-11-12-14-16-19-22-25-28-32-39(2)3/h5-6,8-9,17,20,26,29,39-42,45-47H,4,7,10-16,18-19,21-25,27-28,30-38H2,1-3H3/b6-5-,9-8-,20-17-,29-26-/t40-,41-,42-/m0/s1. The summed E-state index contributed by atoms with van der Waals surface area (Å²) >= 11 is 0. The quantitative estimate of drug-likeness (QED) is 0.0336. The normalized spacial score (nSPS) is 14.0. The van der Waals surface area contributed by atoms with Crippen LogP contribution in [0.15, 0.2) is 48.6 Å². The second-order valence-electron chi connectivity index (χ2n) is 14.5. The van der Waals surface area contributed by atoms with E-state index >= 15 is 0 Å². The number of rotatable bonds is 36. The van der Waals surface area contributed by atoms with Crippen molar-refractivity contribution in [3.05, 3.63) is 48.6 Å². The van der Waals surface area contributed by atoms with Crippen LogP contribution in [0.1, 0.15) is 181 Å². The summed E-state index contributed by atoms with van der Waals surface area (Å²) in [6.45, 7) is 6.29. The molecule has 0 heterocycles. The van der Waals surface area contributed by atoms with Crippen LogP contribution in [0.25, 0.3) is 0 Å². The van der Waals surface area contributed by atoms with Crippen molar-refractivity contribution in [2.75, 3.05) is 13.2 Å². The van der Waals surface area contributed by atoms with Gasteiger partial charge in [0.15, 0.2) is 0 Å². The van der Waals surface area contributed by atoms with E-state index in [2.05, 4.69) is 57.2 Å². The average molecular weight is 719 g/mol. The van der Waals surface area contributed by atoms with Gasteiger partial charge in [0, 0.05) is 12.8 Å². The Bertz CT molecular complexity index is 907. The van der Waals surface area contributed by atoms with Crippen LogP contribution in [-0.2, 0) is 19.1 Å². The fourth-order valence-corrected chi connectivity index (χ4v) is 5.71. The molecule has 0 amide bonds. The molecular weight excluding hydrogens is 640 g/mol. The van der Waals surface area contributed by atoms with E-state index < -0.39 is 24.3 Å². The zero-order valence-corrected chi connectivity index (χ0v) is 33.0. The van der Waals surface area contributed by atoms with Crippen molar-refractivity contribution >= 4 is 11.9 Å². The molecule has 0 saturated carbocycles. The molecule has 0 aromatic carbocycles. The van der Waals surface area contributed by atoms with E-state index in [4.69, 9.17) is 9.47 Å². The first-order valence-electron chi connectivity index (χ1n) is 20.7. The van der Waals surface area contributed by atoms with Gasteiger partial charge in [0.2, 0.25) is 0 Å². The second-order valence-corrected chi connectivity index (χ2v) is 14.5. The largest absolute Gasteiger partial charge is 0.463 e. The first-order chi connectivity index (χ1) is 24.8. The molecule has 7 heteroatoms. The third-order valence-electron chi connectivity index (χ3n) is 8.96. The fraction of sp³-hybridized carbons (Fsp3) is 0.773. The lowest BCUT2D eigenvalue weighted by molar-refractivity contribution is -0.152. The summed E-state index contributed by atoms with van der Waals surface area (Å²) in [5, 5.41) is 30.4. The lowest BCUT2D eigenvalue weighted by atomic mass is 10.0. The van der Waals surface area contributed by atoms with Gasteiger partial charge in [-0.2, -0.15) is 0 Å². The molecule has 0 rings (SSSR count). The Morgan fingerprint density at radius 3 is 1.33 bits per heavy atom. The molecule has 296 valence electrons. The molecule has 0 spiro atoms. The van der Waals surface area contributed by atoms with E-state index in [1.54, 1.807) is 0 Å². The maximum Gasteiger partial charge on any atom is 0.305 e. The van der Waals surface area contributed by atoms with Gasteiger partial charge < -0.3 is 24.8 Å². The number of esters is 2. The van der Waals surface area contributed by atoms with E-state index in [9.17, 15) is 24.9 Å². The highest BCUT2D eigenvalue weighted by Gasteiger charge is 2.16. The van der Waals surface area contributed by atoms with Crippen LogP contribution < -0.4 is 0 Å². The molecule has 0 aliphatic carbocycles. The molecule has 0 aliphatic rings. The molecule has 0 bridgehead atoms. The summed E-state index contributed by atoms with van der Waals surface area (Å²) in [7, 11) is 0. The number of ether oxygens (including phenoxy) is 2. The summed E-state index contributed by atoms with van der Waals surface area (Å²) in [6, 6.07) is 0. The van der Waals surface area contributed by atoms with Crippen LogP contribution in [0, 0.1) is 5.92 Å². The molecule has 0 aromatic rings. The third-order valence-corrected chi connectivity index (χ3v) is 8.96. The van der Waals surface area contributed by atoms with Crippen LogP contribution in [0.5, 0.6) is 0 Å². The Labute approximate surface area is 313 Å². The number of carbonyl (C=O) groups is 2. The predicted molar refractivity (Wildman–Crippen MR) is 212 cm³/mol. The highest BCUT2D eigenvalue weighted by Crippen LogP contribution is 2.15. The van der Waals surface area contributed by atoms with Crippen molar-refractivity contribution in [2.24, 2.45) is 5.92 Å². The lowest BCUT2D eigenvalue weighted by Crippen LogP contribution is -2.26. The minimum atomic E-state index is -1.07. The Morgan fingerprint density at radius 1 is 0.490 bits per heavy atom. The van der Waals surface area contributed by atoms with Gasteiger partial charge in [-0.1, -0.05) is 166 Å². The maximum atomic E-state index is 12.0. The van der Waals surface area contributed by atoms with Crippen molar-refractivity contribution in [1.82, 2.24) is 0 Å². The summed E-state index contributed by atoms with van der Waals surface area (Å²) < 4.78 is 10.2. The Morgan fingerprint density at radius 2 is 0.882 bits per heavy atom. The summed E-state index contributed by atoms with van der Waals surface area (Å²) in [6.07, 6.45) is 39.2. The maximum absolute atomic E-state index is 12.0. The molecule has 51 heavy (non-hydrogen) atoms. The molecule has 0 unspecified atom stereocenters. The Balaban J connectivity index is 3.64. The van der Waals surface area contributed by atoms with Gasteiger partial charge in [-0.3, -0.25) is 9.59 Å². The number of allylic oxidation sites excluding steroid dienone is 7. The monoisotopic (exact) mass is 719 g/mol. The number of hydrogen-bond acceptors (Lipinski definition) is 7. The Hall–Kier alpha value is -2.22. The predicted octanol–water partition coefficient (Wildman–Crippen LogP) is 10.8. The number of aliphatic hydroxyl groups is 3. The van der Waals surface area contributed by atoms with Crippen molar-refractivity contribution in [3.8, 4) is 0 Å². The molecule has 3 N–H and O–H groups in total. The molecule has 0 fully saturated rings. The average Bonchev–Trinajstić information content (AvgIpc) is 3.11. The highest BCUT2D eigenvalue weighted by molar-refractivity contribution is 5.69. The summed E-state index contributed by atoms with van der Waals surface area (Å²) in [5.74, 6) is 0.00332. The number of carbonyl (C=O) groups excluding carboxylic acids is 2. The van der Waals surface area contributed by atoms with E-state index in [0.717, 1.165) is 50.9 Å². The van der Waals surface area contributed by atoms with Gasteiger partial charge in [0.25, 0.3) is 0 Å². The highest BCUT2D eigenvalue weighted by atomic mass is 16.6. The fourth-order valence-electron chi connectivity index (χ4n) is 5.71. The van der Waals surface area contributed by atoms with Crippen LogP contribution >= 0.6 is 0 Å². The minimum absolute atomic E-state index is 0.0686. The first-order valence-corrected chi connectivity index (χ1v) is 20.7. The van der Waals surface area contributed by atoms with Gasteiger partial charge in [0.1, 0.15) is 19.3 Å². The van der Waals surface area contributed by atoms with E-state index in [1.165, 1.54) is 83.5 Å². The molecule has 0 aromatic heterocycles. The summed E-state index contributed by atoms with van der Waals surface area (Å²) in [4.78, 5) is 24.0. The number of hydrogen-bond donors (Lipinski definition) is 3. The molecule has 3 atom stereocenters. The van der Waals surface area contributed by atoms with Crippen molar-refractivity contribution < 1.29 is 34.4 Å². The van der Waals surface area contributed by atoms with Gasteiger partial charge in [-0.15, -0.1) is 0 Å². The van der Waals surface area contributed by atoms with Gasteiger partial charge >= 0.3 is 11.9 Å². The van der Waals surface area contributed by atoms with Gasteiger partial charge in [-0.25, -0.2) is 0 Å². The SMILES string of the molecule is CC/C=C\C/C=C\C/C=C\C/C=C\C[C@H](O)[C@@H](O)CCCC(=O)OC[C@@H](O)COC(=O)CCCCCCCCCCCCCCCCCC(C)C. The van der Waals surface area contributed by atoms with Crippen molar-refractivity contribution in [3.63, 3.8) is 0 Å². The Kier molecular flexibility index (Phi) is 35.9. The van der Waals surface area contributed by atoms with Crippen LogP contribution in [0.2, 0.25) is 0 Å². The van der Waals surface area contributed by atoms with Gasteiger partial charge in [-0.05, 0) is 57.3 Å². The zero-order chi connectivity index (χ0) is 37.6. The third kappa shape index (κ3) is 37.3. The minimum Gasteiger partial charge on any atom is -0.463 e. The molecular formula is C44H78O7. The topological polar surface area (TPSA) is 113 Å². The smallest absolute Gasteiger partial charge is 0.305 e. The van der Waals surface area contributed by atoms with Crippen LogP contribution in [0.3, 0.4) is 0 Å². The van der Waals surface area contributed by atoms with Crippen LogP contribution in [0.4, 0.5) is 0 Å². The van der Waals surface area contributed by atoms with E-state index in [-0.39, 0.29) is 32.0 Å². The van der Waals surface area contributed by atoms with Crippen molar-refractivity contribution in [1.29, 1.82) is 0 Å². The number of aliphatic hydroxyl groups excluding tert-OH is 3. The molecule has 0 radical (unpaired) electrons. The molecule has 0 saturated heterocycles. The van der Waals surface area contributed by atoms with Crippen molar-refractivity contribution in [2.45, 2.75) is 200 Å². The first kappa shape index (κ1) is 48.8. The van der Waals surface area contributed by atoms with E-state index in [0.29, 0.717) is 19.3 Å².